The largest absolute Gasteiger partial charge is 0.493 e. The van der Waals surface area contributed by atoms with E-state index in [9.17, 15) is 0 Å². The van der Waals surface area contributed by atoms with Gasteiger partial charge in [0.25, 0.3) is 0 Å². The summed E-state index contributed by atoms with van der Waals surface area (Å²) in [5.41, 5.74) is 2.80. The van der Waals surface area contributed by atoms with E-state index in [0.29, 0.717) is 62.4 Å². The van der Waals surface area contributed by atoms with E-state index in [0.717, 1.165) is 5.56 Å². The summed E-state index contributed by atoms with van der Waals surface area (Å²) < 4.78 is 16.2. The number of thiocarbonyl (C=S) groups is 1. The van der Waals surface area contributed by atoms with Crippen molar-refractivity contribution in [3.8, 4) is 17.2 Å². The monoisotopic (exact) mass is 510 g/mol. The van der Waals surface area contributed by atoms with Crippen molar-refractivity contribution in [3.05, 3.63) is 65.3 Å². The molecule has 9 nitrogen and oxygen atoms in total. The maximum atomic E-state index is 6.03. The van der Waals surface area contributed by atoms with Crippen molar-refractivity contribution in [2.24, 2.45) is 0 Å². The van der Waals surface area contributed by atoms with Gasteiger partial charge in [0.05, 0.1) is 27.5 Å². The van der Waals surface area contributed by atoms with Crippen LogP contribution in [-0.4, -0.2) is 41.4 Å². The summed E-state index contributed by atoms with van der Waals surface area (Å²) in [4.78, 5) is 13.6. The van der Waals surface area contributed by atoms with Crippen molar-refractivity contribution in [1.29, 1.82) is 0 Å². The third kappa shape index (κ3) is 5.97. The van der Waals surface area contributed by atoms with Crippen molar-refractivity contribution in [2.45, 2.75) is 6.54 Å². The number of aromatic nitrogens is 3. The summed E-state index contributed by atoms with van der Waals surface area (Å²) in [7, 11) is 4.67. The minimum absolute atomic E-state index is 0.427. The molecule has 0 saturated carbocycles. The number of halogens is 1. The van der Waals surface area contributed by atoms with Gasteiger partial charge in [-0.3, -0.25) is 0 Å². The summed E-state index contributed by atoms with van der Waals surface area (Å²) >= 11 is 11.4. The normalized spacial score (nSPS) is 10.5. The number of hydrogen-bond acceptors (Lipinski definition) is 8. The summed E-state index contributed by atoms with van der Waals surface area (Å²) in [5.74, 6) is 2.58. The second-order valence-electron chi connectivity index (χ2n) is 7.27. The van der Waals surface area contributed by atoms with E-state index < -0.39 is 0 Å². The zero-order chi connectivity index (χ0) is 24.8. The number of rotatable bonds is 8. The Balaban J connectivity index is 1.49. The number of hydrogen-bond donors (Lipinski definition) is 3. The smallest absolute Gasteiger partial charge is 0.203 e. The third-order valence-electron chi connectivity index (χ3n) is 4.93. The van der Waals surface area contributed by atoms with Crippen molar-refractivity contribution in [1.82, 2.24) is 20.3 Å². The summed E-state index contributed by atoms with van der Waals surface area (Å²) in [6, 6.07) is 14.7. The lowest BCUT2D eigenvalue weighted by Gasteiger charge is -2.15. The molecule has 0 radical (unpaired) electrons. The van der Waals surface area contributed by atoms with Gasteiger partial charge in [0.15, 0.2) is 28.1 Å². The number of methoxy groups -OCH3 is 3. The molecule has 35 heavy (non-hydrogen) atoms. The van der Waals surface area contributed by atoms with E-state index >= 15 is 0 Å². The third-order valence-corrected chi connectivity index (χ3v) is 5.41. The van der Waals surface area contributed by atoms with Crippen molar-refractivity contribution >= 4 is 57.4 Å². The van der Waals surface area contributed by atoms with Gasteiger partial charge in [-0.1, -0.05) is 23.7 Å². The van der Waals surface area contributed by atoms with Crippen molar-refractivity contribution in [2.75, 3.05) is 32.0 Å². The van der Waals surface area contributed by atoms with Gasteiger partial charge in [0.2, 0.25) is 5.75 Å². The van der Waals surface area contributed by atoms with Crippen LogP contribution in [0.2, 0.25) is 5.02 Å². The molecule has 0 saturated heterocycles. The minimum Gasteiger partial charge on any atom is -0.493 e. The lowest BCUT2D eigenvalue weighted by Crippen LogP contribution is -2.28. The van der Waals surface area contributed by atoms with E-state index in [-0.39, 0.29) is 0 Å². The molecule has 0 amide bonds. The Bertz CT molecular complexity index is 1350. The highest BCUT2D eigenvalue weighted by Crippen LogP contribution is 2.40. The molecule has 0 spiro atoms. The summed E-state index contributed by atoms with van der Waals surface area (Å²) in [6.07, 6.45) is 1.62. The molecule has 0 aliphatic carbocycles. The maximum absolute atomic E-state index is 6.03. The summed E-state index contributed by atoms with van der Waals surface area (Å²) in [5, 5.41) is 10.5. The highest BCUT2D eigenvalue weighted by atomic mass is 35.5. The maximum Gasteiger partial charge on any atom is 0.203 e. The van der Waals surface area contributed by atoms with E-state index in [4.69, 9.17) is 38.0 Å². The fourth-order valence-electron chi connectivity index (χ4n) is 3.32. The average molecular weight is 511 g/mol. The molecule has 2 aromatic carbocycles. The number of nitrogens with one attached hydrogen (secondary N) is 3. The molecule has 4 rings (SSSR count). The van der Waals surface area contributed by atoms with Gasteiger partial charge >= 0.3 is 0 Å². The molecule has 3 N–H and O–H groups in total. The Morgan fingerprint density at radius 3 is 2.37 bits per heavy atom. The molecule has 11 heteroatoms. The Morgan fingerprint density at radius 1 is 0.943 bits per heavy atom. The zero-order valence-corrected chi connectivity index (χ0v) is 20.8. The van der Waals surface area contributed by atoms with Crippen molar-refractivity contribution < 1.29 is 14.2 Å². The van der Waals surface area contributed by atoms with E-state index in [1.165, 1.54) is 0 Å². The first-order valence-electron chi connectivity index (χ1n) is 10.5. The van der Waals surface area contributed by atoms with Gasteiger partial charge in [-0.2, -0.15) is 0 Å². The van der Waals surface area contributed by atoms with Crippen LogP contribution in [0, 0.1) is 0 Å². The second kappa shape index (κ2) is 11.0. The Morgan fingerprint density at radius 2 is 1.69 bits per heavy atom. The first-order valence-corrected chi connectivity index (χ1v) is 11.3. The van der Waals surface area contributed by atoms with Crippen molar-refractivity contribution in [3.63, 3.8) is 0 Å². The number of ether oxygens (including phenoxy) is 3. The lowest BCUT2D eigenvalue weighted by molar-refractivity contribution is 0.324. The standard InChI is InChI=1S/C24H23ClN6O3S/c1-32-18-10-16(11-19(33-2)22(18)34-3)28-21-13-26-17-7-8-20(29-23(17)30-21)31-24(35)27-12-14-5-4-6-15(25)9-14/h4-11,13H,12H2,1-3H3,(H3,27,28,29,30,31,35). The molecule has 0 atom stereocenters. The molecule has 4 aromatic rings. The molecule has 0 aliphatic heterocycles. The quantitative estimate of drug-likeness (QED) is 0.282. The number of fused-ring (bicyclic) bond motifs is 1. The van der Waals surface area contributed by atoms with E-state index in [2.05, 4.69) is 30.9 Å². The highest BCUT2D eigenvalue weighted by Gasteiger charge is 2.14. The van der Waals surface area contributed by atoms with Gasteiger partial charge in [0.1, 0.15) is 11.3 Å². The van der Waals surface area contributed by atoms with Gasteiger partial charge < -0.3 is 30.2 Å². The Kier molecular flexibility index (Phi) is 7.64. The molecular formula is C24H23ClN6O3S. The van der Waals surface area contributed by atoms with Crippen LogP contribution < -0.4 is 30.2 Å². The average Bonchev–Trinajstić information content (AvgIpc) is 2.86. The number of anilines is 3. The lowest BCUT2D eigenvalue weighted by atomic mass is 10.2. The van der Waals surface area contributed by atoms with Gasteiger partial charge in [-0.25, -0.2) is 15.0 Å². The fraction of sp³-hybridized carbons (Fsp3) is 0.167. The van der Waals surface area contributed by atoms with Crippen LogP contribution in [0.4, 0.5) is 17.3 Å². The van der Waals surface area contributed by atoms with Crippen LogP contribution in [0.1, 0.15) is 5.56 Å². The molecular weight excluding hydrogens is 488 g/mol. The van der Waals surface area contributed by atoms with Crippen LogP contribution >= 0.6 is 23.8 Å². The predicted octanol–water partition coefficient (Wildman–Crippen LogP) is 4.93. The molecule has 0 unspecified atom stereocenters. The first kappa shape index (κ1) is 24.2. The number of pyridine rings is 1. The zero-order valence-electron chi connectivity index (χ0n) is 19.3. The highest BCUT2D eigenvalue weighted by molar-refractivity contribution is 7.80. The van der Waals surface area contributed by atoms with Crippen LogP contribution in [0.25, 0.3) is 11.2 Å². The number of nitrogens with zero attached hydrogens (tertiary/aromatic N) is 3. The molecule has 2 aromatic heterocycles. The molecule has 0 fully saturated rings. The van der Waals surface area contributed by atoms with Gasteiger partial charge in [-0.15, -0.1) is 0 Å². The number of benzene rings is 2. The second-order valence-corrected chi connectivity index (χ2v) is 8.12. The van der Waals surface area contributed by atoms with Crippen LogP contribution in [0.15, 0.2) is 54.7 Å². The Labute approximate surface area is 212 Å². The fourth-order valence-corrected chi connectivity index (χ4v) is 3.71. The molecule has 2 heterocycles. The van der Waals surface area contributed by atoms with Crippen LogP contribution in [0.5, 0.6) is 17.2 Å². The predicted molar refractivity (Wildman–Crippen MR) is 141 cm³/mol. The minimum atomic E-state index is 0.427. The van der Waals surface area contributed by atoms with Crippen LogP contribution in [-0.2, 0) is 6.54 Å². The topological polar surface area (TPSA) is 102 Å². The SMILES string of the molecule is COc1cc(Nc2cnc3ccc(NC(=S)NCc4cccc(Cl)c4)nc3n2)cc(OC)c1OC. The summed E-state index contributed by atoms with van der Waals surface area (Å²) in [6.45, 7) is 0.530. The molecule has 180 valence electrons. The molecule has 0 bridgehead atoms. The van der Waals surface area contributed by atoms with Gasteiger partial charge in [0, 0.05) is 29.4 Å². The van der Waals surface area contributed by atoms with Gasteiger partial charge in [-0.05, 0) is 42.0 Å². The first-order chi connectivity index (χ1) is 17.0. The Hall–Kier alpha value is -3.89. The molecule has 0 aliphatic rings. The van der Waals surface area contributed by atoms with E-state index in [1.807, 2.05) is 30.3 Å². The van der Waals surface area contributed by atoms with E-state index in [1.54, 1.807) is 45.7 Å². The van der Waals surface area contributed by atoms with Crippen LogP contribution in [0.3, 0.4) is 0 Å².